The highest BCUT2D eigenvalue weighted by molar-refractivity contribution is 5.94. The second-order valence-corrected chi connectivity index (χ2v) is 5.84. The lowest BCUT2D eigenvalue weighted by Gasteiger charge is -2.23. The first-order valence-corrected chi connectivity index (χ1v) is 7.47. The molecule has 114 valence electrons. The number of benzene rings is 1. The summed E-state index contributed by atoms with van der Waals surface area (Å²) >= 11 is 0. The van der Waals surface area contributed by atoms with Crippen molar-refractivity contribution in [3.63, 3.8) is 0 Å². The largest absolute Gasteiger partial charge is 0.425 e. The molecule has 0 aliphatic carbocycles. The molecule has 2 fully saturated rings. The van der Waals surface area contributed by atoms with E-state index in [9.17, 15) is 4.79 Å². The highest BCUT2D eigenvalue weighted by atomic mass is 16.6. The second-order valence-electron chi connectivity index (χ2n) is 5.84. The van der Waals surface area contributed by atoms with Crippen LogP contribution in [0.15, 0.2) is 41.3 Å². The zero-order chi connectivity index (χ0) is 14.9. The Morgan fingerprint density at radius 3 is 2.82 bits per heavy atom. The van der Waals surface area contributed by atoms with Crippen LogP contribution >= 0.6 is 0 Å². The van der Waals surface area contributed by atoms with Gasteiger partial charge in [-0.3, -0.25) is 4.79 Å². The van der Waals surface area contributed by atoms with E-state index in [1.165, 1.54) is 25.6 Å². The first-order chi connectivity index (χ1) is 10.8. The maximum atomic E-state index is 12.3. The van der Waals surface area contributed by atoms with E-state index in [-0.39, 0.29) is 11.9 Å². The van der Waals surface area contributed by atoms with Crippen molar-refractivity contribution in [3.05, 3.63) is 42.4 Å². The van der Waals surface area contributed by atoms with Crippen molar-refractivity contribution in [2.24, 2.45) is 5.92 Å². The fourth-order valence-electron chi connectivity index (χ4n) is 3.24. The highest BCUT2D eigenvalue weighted by Gasteiger charge is 2.38. The highest BCUT2D eigenvalue weighted by Crippen LogP contribution is 2.28. The molecule has 6 heteroatoms. The Morgan fingerprint density at radius 2 is 2.18 bits per heavy atom. The summed E-state index contributed by atoms with van der Waals surface area (Å²) in [7, 11) is 0. The number of carbonyl (C=O) groups excluding carboxylic acids is 1. The molecule has 1 aromatic heterocycles. The number of hydrogen-bond donors (Lipinski definition) is 1. The maximum Gasteiger partial charge on any atom is 0.310 e. The molecule has 2 aromatic rings. The zero-order valence-corrected chi connectivity index (χ0v) is 12.1. The number of fused-ring (bicyclic) bond motifs is 2. The van der Waals surface area contributed by atoms with Crippen molar-refractivity contribution < 1.29 is 13.9 Å². The SMILES string of the molecule is O=C(NC1CN2CCC1C2)c1ccc(Oc2cnco2)cc1. The number of ether oxygens (including phenoxy) is 1. The Morgan fingerprint density at radius 1 is 1.32 bits per heavy atom. The number of piperidine rings is 1. The van der Waals surface area contributed by atoms with Crippen molar-refractivity contribution in [1.82, 2.24) is 15.2 Å². The molecule has 1 amide bonds. The molecule has 3 unspecified atom stereocenters. The molecule has 22 heavy (non-hydrogen) atoms. The predicted octanol–water partition coefficient (Wildman–Crippen LogP) is 1.90. The normalized spacial score (nSPS) is 26.1. The van der Waals surface area contributed by atoms with Crippen LogP contribution in [0, 0.1) is 5.92 Å². The average molecular weight is 299 g/mol. The van der Waals surface area contributed by atoms with Gasteiger partial charge in [0.05, 0.1) is 0 Å². The molecule has 1 N–H and O–H groups in total. The number of rotatable bonds is 4. The van der Waals surface area contributed by atoms with Crippen molar-refractivity contribution >= 4 is 5.91 Å². The Bertz CT molecular complexity index is 654. The van der Waals surface area contributed by atoms with Gasteiger partial charge in [-0.2, -0.15) is 0 Å². The summed E-state index contributed by atoms with van der Waals surface area (Å²) in [6, 6.07) is 7.30. The van der Waals surface area contributed by atoms with Crippen LogP contribution in [-0.2, 0) is 0 Å². The van der Waals surface area contributed by atoms with Crippen LogP contribution < -0.4 is 10.1 Å². The molecule has 2 aliphatic heterocycles. The van der Waals surface area contributed by atoms with E-state index in [0.29, 0.717) is 23.2 Å². The van der Waals surface area contributed by atoms with Gasteiger partial charge in [-0.15, -0.1) is 0 Å². The number of nitrogens with one attached hydrogen (secondary N) is 1. The Labute approximate surface area is 128 Å². The molecular formula is C16H17N3O3. The third-order valence-electron chi connectivity index (χ3n) is 4.39. The van der Waals surface area contributed by atoms with Crippen LogP contribution in [0.1, 0.15) is 16.8 Å². The van der Waals surface area contributed by atoms with E-state index < -0.39 is 0 Å². The van der Waals surface area contributed by atoms with Gasteiger partial charge in [-0.1, -0.05) is 0 Å². The van der Waals surface area contributed by atoms with E-state index >= 15 is 0 Å². The van der Waals surface area contributed by atoms with Gasteiger partial charge in [0.15, 0.2) is 6.39 Å². The van der Waals surface area contributed by atoms with Gasteiger partial charge >= 0.3 is 5.95 Å². The Balaban J connectivity index is 1.38. The van der Waals surface area contributed by atoms with Crippen LogP contribution in [-0.4, -0.2) is 41.5 Å². The lowest BCUT2D eigenvalue weighted by Crippen LogP contribution is -2.43. The van der Waals surface area contributed by atoms with Gasteiger partial charge in [0, 0.05) is 24.7 Å². The molecule has 3 atom stereocenters. The quantitative estimate of drug-likeness (QED) is 0.934. The van der Waals surface area contributed by atoms with E-state index in [0.717, 1.165) is 13.1 Å². The summed E-state index contributed by atoms with van der Waals surface area (Å²) in [4.78, 5) is 18.5. The molecule has 1 aromatic carbocycles. The van der Waals surface area contributed by atoms with Gasteiger partial charge in [0.25, 0.3) is 5.91 Å². The number of hydrogen-bond acceptors (Lipinski definition) is 5. The van der Waals surface area contributed by atoms with Gasteiger partial charge in [0.2, 0.25) is 0 Å². The molecule has 2 aliphatic rings. The molecule has 4 rings (SSSR count). The minimum Gasteiger partial charge on any atom is -0.425 e. The molecule has 0 spiro atoms. The van der Waals surface area contributed by atoms with Crippen molar-refractivity contribution in [2.45, 2.75) is 12.5 Å². The van der Waals surface area contributed by atoms with Crippen molar-refractivity contribution in [1.29, 1.82) is 0 Å². The monoisotopic (exact) mass is 299 g/mol. The molecule has 2 bridgehead atoms. The van der Waals surface area contributed by atoms with Gasteiger partial charge in [-0.05, 0) is 43.1 Å². The second kappa shape index (κ2) is 5.46. The number of amides is 1. The van der Waals surface area contributed by atoms with Crippen molar-refractivity contribution in [3.8, 4) is 11.7 Å². The smallest absolute Gasteiger partial charge is 0.310 e. The predicted molar refractivity (Wildman–Crippen MR) is 78.8 cm³/mol. The van der Waals surface area contributed by atoms with Crippen LogP contribution in [0.5, 0.6) is 11.7 Å². The average Bonchev–Trinajstić information content (AvgIpc) is 3.25. The molecule has 2 saturated heterocycles. The maximum absolute atomic E-state index is 12.3. The van der Waals surface area contributed by atoms with Crippen LogP contribution in [0.25, 0.3) is 0 Å². The molecular weight excluding hydrogens is 282 g/mol. The van der Waals surface area contributed by atoms with Gasteiger partial charge in [-0.25, -0.2) is 4.98 Å². The van der Waals surface area contributed by atoms with E-state index in [2.05, 4.69) is 15.2 Å². The van der Waals surface area contributed by atoms with Crippen LogP contribution in [0.4, 0.5) is 0 Å². The first-order valence-electron chi connectivity index (χ1n) is 7.47. The third kappa shape index (κ3) is 2.57. The van der Waals surface area contributed by atoms with E-state index in [1.54, 1.807) is 24.3 Å². The summed E-state index contributed by atoms with van der Waals surface area (Å²) in [6.07, 6.45) is 3.99. The summed E-state index contributed by atoms with van der Waals surface area (Å²) in [6.45, 7) is 3.27. The number of carbonyl (C=O) groups is 1. The van der Waals surface area contributed by atoms with E-state index in [4.69, 9.17) is 9.15 Å². The Hall–Kier alpha value is -2.34. The van der Waals surface area contributed by atoms with Gasteiger partial charge < -0.3 is 19.4 Å². The summed E-state index contributed by atoms with van der Waals surface area (Å²) in [5.41, 5.74) is 0.641. The lowest BCUT2D eigenvalue weighted by atomic mass is 9.99. The summed E-state index contributed by atoms with van der Waals surface area (Å²) in [5.74, 6) is 1.52. The standard InChI is InChI=1S/C16H17N3O3/c20-16(18-14-9-19-6-5-12(14)8-19)11-1-3-13(4-2-11)22-15-7-17-10-21-15/h1-4,7,10,12,14H,5-6,8-9H2,(H,18,20). The number of nitrogens with zero attached hydrogens (tertiary/aromatic N) is 2. The van der Waals surface area contributed by atoms with E-state index in [1.807, 2.05) is 0 Å². The number of oxazole rings is 1. The molecule has 3 heterocycles. The molecule has 6 nitrogen and oxygen atoms in total. The minimum absolute atomic E-state index is 0.0232. The summed E-state index contributed by atoms with van der Waals surface area (Å²) in [5, 5.41) is 3.14. The minimum atomic E-state index is -0.0232. The van der Waals surface area contributed by atoms with Crippen LogP contribution in [0.2, 0.25) is 0 Å². The molecule has 0 radical (unpaired) electrons. The van der Waals surface area contributed by atoms with Crippen LogP contribution in [0.3, 0.4) is 0 Å². The van der Waals surface area contributed by atoms with Gasteiger partial charge in [0.1, 0.15) is 11.9 Å². The summed E-state index contributed by atoms with van der Waals surface area (Å²) < 4.78 is 10.5. The molecule has 0 saturated carbocycles. The number of aromatic nitrogens is 1. The fraction of sp³-hybridized carbons (Fsp3) is 0.375. The zero-order valence-electron chi connectivity index (χ0n) is 12.1. The lowest BCUT2D eigenvalue weighted by molar-refractivity contribution is 0.0924. The topological polar surface area (TPSA) is 67.6 Å². The Kier molecular flexibility index (Phi) is 3.31. The third-order valence-corrected chi connectivity index (χ3v) is 4.39. The van der Waals surface area contributed by atoms with Crippen molar-refractivity contribution in [2.75, 3.05) is 19.6 Å². The first kappa shape index (κ1) is 13.3. The fourth-order valence-corrected chi connectivity index (χ4v) is 3.24.